The van der Waals surface area contributed by atoms with Crippen LogP contribution in [0.25, 0.3) is 0 Å². The highest BCUT2D eigenvalue weighted by Crippen LogP contribution is 2.27. The van der Waals surface area contributed by atoms with E-state index < -0.39 is 8.07 Å². The molecule has 0 radical (unpaired) electrons. The summed E-state index contributed by atoms with van der Waals surface area (Å²) >= 11 is 0. The first kappa shape index (κ1) is 31.0. The van der Waals surface area contributed by atoms with Gasteiger partial charge in [-0.2, -0.15) is 0 Å². The maximum atomic E-state index is 2.53. The predicted molar refractivity (Wildman–Crippen MR) is 185 cm³/mol. The van der Waals surface area contributed by atoms with Crippen LogP contribution in [0.1, 0.15) is 105 Å². The topological polar surface area (TPSA) is 0 Å². The summed E-state index contributed by atoms with van der Waals surface area (Å²) < 4.78 is 0. The molecule has 1 heteroatoms. The molecular formula is C40H52Si. The molecule has 0 aromatic heterocycles. The normalized spacial score (nSPS) is 13.4. The van der Waals surface area contributed by atoms with Crippen molar-refractivity contribution in [1.82, 2.24) is 0 Å². The summed E-state index contributed by atoms with van der Waals surface area (Å²) in [5.74, 6) is 0. The van der Waals surface area contributed by atoms with Crippen molar-refractivity contribution in [2.75, 3.05) is 0 Å². The molecule has 0 amide bonds. The average molecular weight is 561 g/mol. The fourth-order valence-electron chi connectivity index (χ4n) is 5.88. The quantitative estimate of drug-likeness (QED) is 0.174. The molecule has 0 saturated carbocycles. The van der Waals surface area contributed by atoms with Crippen molar-refractivity contribution in [2.24, 2.45) is 0 Å². The molecule has 0 heterocycles. The van der Waals surface area contributed by atoms with Gasteiger partial charge in [0.2, 0.25) is 0 Å². The highest BCUT2D eigenvalue weighted by molar-refractivity contribution is 7.19. The SMILES string of the molecule is CC(C)(C)c1ccc([Si](c2cccc(C(C)(C)C)c2)(c2cccc(C(C)(C)C)c2)c2cccc(C(C)(C)C)c2)cc1. The zero-order valence-corrected chi connectivity index (χ0v) is 28.7. The van der Waals surface area contributed by atoms with E-state index in [1.165, 1.54) is 43.0 Å². The van der Waals surface area contributed by atoms with Crippen molar-refractivity contribution in [2.45, 2.75) is 105 Å². The Balaban J connectivity index is 2.21. The number of hydrogen-bond acceptors (Lipinski definition) is 0. The van der Waals surface area contributed by atoms with Crippen molar-refractivity contribution >= 4 is 28.8 Å². The van der Waals surface area contributed by atoms with Gasteiger partial charge in [-0.15, -0.1) is 0 Å². The molecule has 4 aromatic carbocycles. The lowest BCUT2D eigenvalue weighted by atomic mass is 9.87. The second kappa shape index (κ2) is 10.7. The summed E-state index contributed by atoms with van der Waals surface area (Å²) in [4.78, 5) is 0. The van der Waals surface area contributed by atoms with Crippen LogP contribution in [0, 0.1) is 0 Å². The van der Waals surface area contributed by atoms with Crippen molar-refractivity contribution in [3.05, 3.63) is 119 Å². The van der Waals surface area contributed by atoms with Crippen LogP contribution in [0.3, 0.4) is 0 Å². The van der Waals surface area contributed by atoms with E-state index in [2.05, 4.69) is 180 Å². The molecule has 216 valence electrons. The number of rotatable bonds is 4. The van der Waals surface area contributed by atoms with E-state index in [0.717, 1.165) is 0 Å². The van der Waals surface area contributed by atoms with Crippen LogP contribution in [0.4, 0.5) is 0 Å². The van der Waals surface area contributed by atoms with Gasteiger partial charge < -0.3 is 0 Å². The second-order valence-corrected chi connectivity index (χ2v) is 19.9. The first-order valence-electron chi connectivity index (χ1n) is 15.3. The Hall–Kier alpha value is -2.90. The monoisotopic (exact) mass is 560 g/mol. The Kier molecular flexibility index (Phi) is 8.13. The third kappa shape index (κ3) is 6.31. The Morgan fingerprint density at radius 2 is 0.610 bits per heavy atom. The van der Waals surface area contributed by atoms with Gasteiger partial charge >= 0.3 is 0 Å². The average Bonchev–Trinajstić information content (AvgIpc) is 2.88. The standard InChI is InChI=1S/C40H52Si/c1-37(2,3)29-22-24-33(25-23-29)41(34-19-13-16-30(26-34)38(4,5)6,35-20-14-17-31(27-35)39(7,8)9)36-21-15-18-32(28-36)40(10,11)12/h13-28H,1-12H3. The maximum absolute atomic E-state index is 2.71. The lowest BCUT2D eigenvalue weighted by Crippen LogP contribution is -2.75. The smallest absolute Gasteiger partial charge is 0.0620 e. The minimum atomic E-state index is -2.71. The molecule has 0 spiro atoms. The maximum Gasteiger partial charge on any atom is 0.179 e. The molecule has 41 heavy (non-hydrogen) atoms. The van der Waals surface area contributed by atoms with Crippen LogP contribution >= 0.6 is 0 Å². The Labute approximate surface area is 252 Å². The second-order valence-electron chi connectivity index (χ2n) is 16.1. The summed E-state index contributed by atoms with van der Waals surface area (Å²) in [5, 5.41) is 5.79. The van der Waals surface area contributed by atoms with Crippen molar-refractivity contribution < 1.29 is 0 Å². The van der Waals surface area contributed by atoms with E-state index in [-0.39, 0.29) is 21.7 Å². The number of hydrogen-bond donors (Lipinski definition) is 0. The summed E-state index contributed by atoms with van der Waals surface area (Å²) in [5.41, 5.74) is 5.82. The van der Waals surface area contributed by atoms with Gasteiger partial charge in [-0.3, -0.25) is 0 Å². The van der Waals surface area contributed by atoms with Gasteiger partial charge in [0.25, 0.3) is 0 Å². The Bertz CT molecular complexity index is 1350. The zero-order valence-electron chi connectivity index (χ0n) is 27.7. The van der Waals surface area contributed by atoms with Crippen LogP contribution in [0.2, 0.25) is 0 Å². The highest BCUT2D eigenvalue weighted by Gasteiger charge is 2.43. The molecule has 0 aliphatic carbocycles. The molecule has 0 fully saturated rings. The Morgan fingerprint density at radius 3 is 0.878 bits per heavy atom. The third-order valence-electron chi connectivity index (χ3n) is 8.67. The van der Waals surface area contributed by atoms with Gasteiger partial charge in [0.1, 0.15) is 0 Å². The Morgan fingerprint density at radius 1 is 0.317 bits per heavy atom. The van der Waals surface area contributed by atoms with E-state index in [0.29, 0.717) is 0 Å². The van der Waals surface area contributed by atoms with E-state index in [1.54, 1.807) is 0 Å². The fraction of sp³-hybridized carbons (Fsp3) is 0.400. The molecule has 0 nitrogen and oxygen atoms in total. The van der Waals surface area contributed by atoms with Crippen LogP contribution in [-0.4, -0.2) is 8.07 Å². The summed E-state index contributed by atoms with van der Waals surface area (Å²) in [6, 6.07) is 38.3. The van der Waals surface area contributed by atoms with Gasteiger partial charge in [0.15, 0.2) is 8.07 Å². The molecule has 0 atom stereocenters. The summed E-state index contributed by atoms with van der Waals surface area (Å²) in [7, 11) is -2.71. The van der Waals surface area contributed by atoms with Gasteiger partial charge in [0.05, 0.1) is 0 Å². The summed E-state index contributed by atoms with van der Waals surface area (Å²) in [6.45, 7) is 27.9. The van der Waals surface area contributed by atoms with Crippen LogP contribution in [-0.2, 0) is 21.7 Å². The van der Waals surface area contributed by atoms with Gasteiger partial charge in [-0.25, -0.2) is 0 Å². The lowest BCUT2D eigenvalue weighted by molar-refractivity contribution is 0.590. The molecule has 0 aliphatic rings. The van der Waals surface area contributed by atoms with Crippen molar-refractivity contribution in [1.29, 1.82) is 0 Å². The first-order valence-corrected chi connectivity index (χ1v) is 17.3. The fourth-order valence-corrected chi connectivity index (χ4v) is 10.7. The lowest BCUT2D eigenvalue weighted by Gasteiger charge is -2.37. The molecule has 0 aliphatic heterocycles. The molecule has 0 N–H and O–H groups in total. The minimum Gasteiger partial charge on any atom is -0.0620 e. The van der Waals surface area contributed by atoms with E-state index in [4.69, 9.17) is 0 Å². The molecule has 0 unspecified atom stereocenters. The highest BCUT2D eigenvalue weighted by atomic mass is 28.3. The van der Waals surface area contributed by atoms with Gasteiger partial charge in [0, 0.05) is 0 Å². The molecule has 4 aromatic rings. The van der Waals surface area contributed by atoms with Gasteiger partial charge in [-0.05, 0) is 64.7 Å². The summed E-state index contributed by atoms with van der Waals surface area (Å²) in [6.07, 6.45) is 0. The molecule has 0 saturated heterocycles. The van der Waals surface area contributed by atoms with Crippen LogP contribution < -0.4 is 20.7 Å². The van der Waals surface area contributed by atoms with Crippen LogP contribution in [0.15, 0.2) is 97.1 Å². The van der Waals surface area contributed by atoms with Gasteiger partial charge in [-0.1, -0.05) is 180 Å². The first-order chi connectivity index (χ1) is 18.8. The molecule has 4 rings (SSSR count). The van der Waals surface area contributed by atoms with E-state index in [1.807, 2.05) is 0 Å². The van der Waals surface area contributed by atoms with E-state index in [9.17, 15) is 0 Å². The van der Waals surface area contributed by atoms with Crippen LogP contribution in [0.5, 0.6) is 0 Å². The largest absolute Gasteiger partial charge is 0.179 e. The van der Waals surface area contributed by atoms with Crippen molar-refractivity contribution in [3.8, 4) is 0 Å². The third-order valence-corrected chi connectivity index (χ3v) is 13.4. The number of benzene rings is 4. The zero-order chi connectivity index (χ0) is 30.4. The minimum absolute atomic E-state index is 0.0623. The van der Waals surface area contributed by atoms with Crippen molar-refractivity contribution in [3.63, 3.8) is 0 Å². The van der Waals surface area contributed by atoms with E-state index >= 15 is 0 Å². The molecule has 0 bridgehead atoms. The predicted octanol–water partition coefficient (Wildman–Crippen LogP) is 8.25. The molecular weight excluding hydrogens is 509 g/mol.